The number of ether oxygens (including phenoxy) is 1. The Labute approximate surface area is 61.3 Å². The molecule has 0 aromatic carbocycles. The summed E-state index contributed by atoms with van der Waals surface area (Å²) in [4.78, 5) is 0. The van der Waals surface area contributed by atoms with Crippen molar-refractivity contribution >= 4 is 9.84 Å². The second-order valence-electron chi connectivity index (χ2n) is 2.39. The van der Waals surface area contributed by atoms with Crippen LogP contribution in [0.3, 0.4) is 0 Å². The summed E-state index contributed by atoms with van der Waals surface area (Å²) in [5.74, 6) is 1.22. The van der Waals surface area contributed by atoms with Gasteiger partial charge >= 0.3 is 0 Å². The highest BCUT2D eigenvalue weighted by Crippen LogP contribution is 2.08. The molecule has 0 N–H and O–H groups in total. The second kappa shape index (κ2) is 3.34. The van der Waals surface area contributed by atoms with Crippen LogP contribution in [-0.4, -0.2) is 20.8 Å². The Bertz CT molecular complexity index is 169. The fourth-order valence-corrected chi connectivity index (χ4v) is 1.87. The van der Waals surface area contributed by atoms with E-state index in [9.17, 15) is 8.42 Å². The minimum Gasteiger partial charge on any atom is -0.359 e. The molecule has 0 atom stereocenters. The molecule has 0 amide bonds. The van der Waals surface area contributed by atoms with Crippen molar-refractivity contribution in [1.29, 1.82) is 0 Å². The SMILES string of the molecule is O=S1(=O)[CH]OCCCCC1. The van der Waals surface area contributed by atoms with Gasteiger partial charge in [-0.15, -0.1) is 0 Å². The molecule has 0 aliphatic carbocycles. The average Bonchev–Trinajstić information content (AvgIpc) is 1.81. The molecule has 1 aliphatic rings. The lowest BCUT2D eigenvalue weighted by molar-refractivity contribution is 0.215. The molecule has 1 aliphatic heterocycles. The highest BCUT2D eigenvalue weighted by molar-refractivity contribution is 7.93. The topological polar surface area (TPSA) is 43.4 Å². The molecule has 1 rings (SSSR count). The first kappa shape index (κ1) is 8.01. The van der Waals surface area contributed by atoms with Gasteiger partial charge in [0.2, 0.25) is 0 Å². The summed E-state index contributed by atoms with van der Waals surface area (Å²) in [5.41, 5.74) is 0. The highest BCUT2D eigenvalue weighted by Gasteiger charge is 2.13. The van der Waals surface area contributed by atoms with Crippen molar-refractivity contribution in [3.8, 4) is 0 Å². The molecule has 1 radical (unpaired) electrons. The van der Waals surface area contributed by atoms with Gasteiger partial charge in [-0.2, -0.15) is 0 Å². The maximum absolute atomic E-state index is 10.8. The summed E-state index contributed by atoms with van der Waals surface area (Å²) >= 11 is 0. The summed E-state index contributed by atoms with van der Waals surface area (Å²) in [6, 6.07) is 0. The Morgan fingerprint density at radius 1 is 1.20 bits per heavy atom. The maximum Gasteiger partial charge on any atom is 0.199 e. The number of rotatable bonds is 0. The van der Waals surface area contributed by atoms with Crippen molar-refractivity contribution in [3.63, 3.8) is 0 Å². The minimum absolute atomic E-state index is 0.243. The van der Waals surface area contributed by atoms with Gasteiger partial charge in [0, 0.05) is 6.61 Å². The summed E-state index contributed by atoms with van der Waals surface area (Å²) in [5, 5.41) is 0. The predicted octanol–water partition coefficient (Wildman–Crippen LogP) is 0.721. The highest BCUT2D eigenvalue weighted by atomic mass is 32.2. The zero-order chi connectivity index (χ0) is 7.45. The van der Waals surface area contributed by atoms with Gasteiger partial charge in [0.1, 0.15) is 0 Å². The number of hydrogen-bond acceptors (Lipinski definition) is 3. The van der Waals surface area contributed by atoms with E-state index in [1.54, 1.807) is 0 Å². The molecule has 1 heterocycles. The first-order valence-electron chi connectivity index (χ1n) is 3.38. The van der Waals surface area contributed by atoms with Crippen molar-refractivity contribution in [2.45, 2.75) is 19.3 Å². The minimum atomic E-state index is -2.99. The molecule has 0 spiro atoms. The molecular formula is C6H11O3S. The third-order valence-corrected chi connectivity index (χ3v) is 2.69. The van der Waals surface area contributed by atoms with E-state index in [-0.39, 0.29) is 5.75 Å². The molecule has 1 fully saturated rings. The molecule has 4 heteroatoms. The van der Waals surface area contributed by atoms with E-state index in [2.05, 4.69) is 0 Å². The standard InChI is InChI=1S/C6H11O3S/c7-10(8)5-3-1-2-4-9-6-10/h6H,1-5H2. The first-order valence-corrected chi connectivity index (χ1v) is 5.10. The van der Waals surface area contributed by atoms with Crippen LogP contribution < -0.4 is 0 Å². The van der Waals surface area contributed by atoms with Gasteiger partial charge in [-0.25, -0.2) is 8.42 Å². The maximum atomic E-state index is 10.8. The van der Waals surface area contributed by atoms with Gasteiger partial charge in [0.05, 0.1) is 5.75 Å². The Hall–Kier alpha value is -0.0900. The normalized spacial score (nSPS) is 26.8. The van der Waals surface area contributed by atoms with Crippen molar-refractivity contribution in [3.05, 3.63) is 5.94 Å². The van der Waals surface area contributed by atoms with Crippen molar-refractivity contribution in [2.75, 3.05) is 12.4 Å². The van der Waals surface area contributed by atoms with Gasteiger partial charge in [0.15, 0.2) is 15.8 Å². The fraction of sp³-hybridized carbons (Fsp3) is 0.833. The molecule has 0 bridgehead atoms. The third-order valence-electron chi connectivity index (χ3n) is 1.41. The Morgan fingerprint density at radius 3 is 2.80 bits per heavy atom. The van der Waals surface area contributed by atoms with E-state index in [1.165, 1.54) is 0 Å². The second-order valence-corrected chi connectivity index (χ2v) is 4.32. The van der Waals surface area contributed by atoms with Gasteiger partial charge in [-0.1, -0.05) is 6.42 Å². The molecule has 0 aromatic rings. The molecule has 0 aromatic heterocycles. The zero-order valence-corrected chi connectivity index (χ0v) is 6.56. The lowest BCUT2D eigenvalue weighted by Crippen LogP contribution is -2.12. The lowest BCUT2D eigenvalue weighted by Gasteiger charge is -2.08. The summed E-state index contributed by atoms with van der Waals surface area (Å²) in [6.07, 6.45) is 2.68. The van der Waals surface area contributed by atoms with Crippen LogP contribution in [0.4, 0.5) is 0 Å². The van der Waals surface area contributed by atoms with Crippen LogP contribution in [-0.2, 0) is 14.6 Å². The van der Waals surface area contributed by atoms with E-state index in [0.29, 0.717) is 6.61 Å². The van der Waals surface area contributed by atoms with E-state index >= 15 is 0 Å². The van der Waals surface area contributed by atoms with E-state index in [0.717, 1.165) is 25.2 Å². The zero-order valence-electron chi connectivity index (χ0n) is 5.75. The molecule has 0 unspecified atom stereocenters. The summed E-state index contributed by atoms with van der Waals surface area (Å²) < 4.78 is 26.5. The van der Waals surface area contributed by atoms with Gasteiger partial charge in [-0.05, 0) is 12.8 Å². The van der Waals surface area contributed by atoms with Gasteiger partial charge in [-0.3, -0.25) is 0 Å². The summed E-state index contributed by atoms with van der Waals surface area (Å²) in [7, 11) is -2.99. The molecule has 3 nitrogen and oxygen atoms in total. The fourth-order valence-electron chi connectivity index (χ4n) is 0.865. The van der Waals surface area contributed by atoms with Crippen LogP contribution in [0.1, 0.15) is 19.3 Å². The van der Waals surface area contributed by atoms with Crippen LogP contribution >= 0.6 is 0 Å². The summed E-state index contributed by atoms with van der Waals surface area (Å²) in [6.45, 7) is 0.541. The van der Waals surface area contributed by atoms with E-state index < -0.39 is 9.84 Å². The molecule has 1 saturated heterocycles. The quantitative estimate of drug-likeness (QED) is 0.528. The van der Waals surface area contributed by atoms with Gasteiger partial charge < -0.3 is 4.74 Å². The van der Waals surface area contributed by atoms with Crippen molar-refractivity contribution < 1.29 is 13.2 Å². The average molecular weight is 163 g/mol. The Kier molecular flexibility index (Phi) is 2.68. The molecule has 59 valence electrons. The third kappa shape index (κ3) is 2.66. The van der Waals surface area contributed by atoms with E-state index in [4.69, 9.17) is 4.74 Å². The number of sulfone groups is 1. The molecule has 10 heavy (non-hydrogen) atoms. The smallest absolute Gasteiger partial charge is 0.199 e. The lowest BCUT2D eigenvalue weighted by atomic mass is 10.3. The van der Waals surface area contributed by atoms with Crippen molar-refractivity contribution in [2.24, 2.45) is 0 Å². The van der Waals surface area contributed by atoms with Crippen LogP contribution in [0.5, 0.6) is 0 Å². The number of hydrogen-bond donors (Lipinski definition) is 0. The first-order chi connectivity index (χ1) is 4.71. The van der Waals surface area contributed by atoms with Gasteiger partial charge in [0.25, 0.3) is 0 Å². The van der Waals surface area contributed by atoms with Crippen LogP contribution in [0.25, 0.3) is 0 Å². The van der Waals surface area contributed by atoms with E-state index in [1.807, 2.05) is 0 Å². The van der Waals surface area contributed by atoms with Crippen molar-refractivity contribution in [1.82, 2.24) is 0 Å². The monoisotopic (exact) mass is 163 g/mol. The van der Waals surface area contributed by atoms with Crippen LogP contribution in [0.2, 0.25) is 0 Å². The van der Waals surface area contributed by atoms with Crippen LogP contribution in [0, 0.1) is 5.94 Å². The largest absolute Gasteiger partial charge is 0.359 e. The Morgan fingerprint density at radius 2 is 2.00 bits per heavy atom. The predicted molar refractivity (Wildman–Crippen MR) is 37.9 cm³/mol. The molecular weight excluding hydrogens is 152 g/mol. The molecule has 0 saturated carbocycles. The Balaban J connectivity index is 2.46. The van der Waals surface area contributed by atoms with Crippen LogP contribution in [0.15, 0.2) is 0 Å².